The van der Waals surface area contributed by atoms with E-state index in [1.807, 2.05) is 13.0 Å². The fourth-order valence-electron chi connectivity index (χ4n) is 1.71. The van der Waals surface area contributed by atoms with E-state index in [-0.39, 0.29) is 11.6 Å². The molecular weight excluding hydrogens is 234 g/mol. The van der Waals surface area contributed by atoms with E-state index in [4.69, 9.17) is 4.74 Å². The number of hydrogen-bond donors (Lipinski definition) is 1. The molecule has 0 aliphatic carbocycles. The molecule has 106 valence electrons. The lowest BCUT2D eigenvalue weighted by Gasteiger charge is -2.26. The Balaban J connectivity index is 2.60. The van der Waals surface area contributed by atoms with Crippen LogP contribution in [0.5, 0.6) is 0 Å². The molecule has 2 heteroatoms. The van der Waals surface area contributed by atoms with Crippen LogP contribution in [0.15, 0.2) is 42.5 Å². The van der Waals surface area contributed by atoms with Crippen LogP contribution in [0, 0.1) is 0 Å². The molecule has 0 fully saturated rings. The van der Waals surface area contributed by atoms with Crippen LogP contribution in [0.25, 0.3) is 0 Å². The summed E-state index contributed by atoms with van der Waals surface area (Å²) < 4.78 is 6.01. The van der Waals surface area contributed by atoms with Gasteiger partial charge in [-0.2, -0.15) is 0 Å². The summed E-state index contributed by atoms with van der Waals surface area (Å²) in [5, 5.41) is 3.51. The van der Waals surface area contributed by atoms with Gasteiger partial charge in [-0.3, -0.25) is 0 Å². The van der Waals surface area contributed by atoms with Gasteiger partial charge in [0.05, 0.1) is 12.7 Å². The maximum Gasteiger partial charge on any atom is 0.0949 e. The minimum absolute atomic E-state index is 0.0970. The highest BCUT2D eigenvalue weighted by molar-refractivity contribution is 5.18. The molecule has 0 heterocycles. The Morgan fingerprint density at radius 1 is 1.26 bits per heavy atom. The molecule has 2 nitrogen and oxygen atoms in total. The molecule has 1 unspecified atom stereocenters. The molecule has 0 aliphatic rings. The van der Waals surface area contributed by atoms with Crippen LogP contribution in [0.2, 0.25) is 0 Å². The molecule has 0 saturated carbocycles. The molecule has 1 rings (SSSR count). The van der Waals surface area contributed by atoms with Crippen molar-refractivity contribution in [2.45, 2.75) is 45.8 Å². The first-order valence-electron chi connectivity index (χ1n) is 6.94. The molecule has 0 amide bonds. The van der Waals surface area contributed by atoms with Gasteiger partial charge in [-0.1, -0.05) is 35.9 Å². The number of hydrogen-bond acceptors (Lipinski definition) is 2. The lowest BCUT2D eigenvalue weighted by molar-refractivity contribution is 0.0504. The molecular formula is C17H27NO. The van der Waals surface area contributed by atoms with Gasteiger partial charge in [0, 0.05) is 12.1 Å². The Labute approximate surface area is 117 Å². The summed E-state index contributed by atoms with van der Waals surface area (Å²) in [6.45, 7) is 14.0. The van der Waals surface area contributed by atoms with Gasteiger partial charge in [0.25, 0.3) is 0 Å². The molecule has 19 heavy (non-hydrogen) atoms. The third-order valence-corrected chi connectivity index (χ3v) is 2.84. The molecule has 1 N–H and O–H groups in total. The summed E-state index contributed by atoms with van der Waals surface area (Å²) in [7, 11) is 0. The van der Waals surface area contributed by atoms with Crippen molar-refractivity contribution in [3.63, 3.8) is 0 Å². The Bertz CT molecular complexity index is 378. The third kappa shape index (κ3) is 7.14. The lowest BCUT2D eigenvalue weighted by Crippen LogP contribution is -2.39. The van der Waals surface area contributed by atoms with Gasteiger partial charge in [0.2, 0.25) is 0 Å². The van der Waals surface area contributed by atoms with E-state index in [1.165, 1.54) is 5.56 Å². The second kappa shape index (κ2) is 7.46. The normalized spacial score (nSPS) is 13.3. The summed E-state index contributed by atoms with van der Waals surface area (Å²) in [5.41, 5.74) is 2.49. The first kappa shape index (κ1) is 15.9. The van der Waals surface area contributed by atoms with Crippen molar-refractivity contribution in [2.24, 2.45) is 0 Å². The van der Waals surface area contributed by atoms with Crippen molar-refractivity contribution >= 4 is 0 Å². The zero-order valence-corrected chi connectivity index (χ0v) is 12.7. The Morgan fingerprint density at radius 2 is 1.89 bits per heavy atom. The van der Waals surface area contributed by atoms with E-state index < -0.39 is 0 Å². The van der Waals surface area contributed by atoms with Gasteiger partial charge in [-0.05, 0) is 39.7 Å². The van der Waals surface area contributed by atoms with Gasteiger partial charge >= 0.3 is 0 Å². The van der Waals surface area contributed by atoms with E-state index in [0.717, 1.165) is 25.1 Å². The van der Waals surface area contributed by atoms with Gasteiger partial charge in [0.1, 0.15) is 0 Å². The summed E-state index contributed by atoms with van der Waals surface area (Å²) in [6.07, 6.45) is 1.01. The maximum atomic E-state index is 6.01. The van der Waals surface area contributed by atoms with Crippen molar-refractivity contribution in [3.05, 3.63) is 48.0 Å². The summed E-state index contributed by atoms with van der Waals surface area (Å²) in [5.74, 6) is 0. The van der Waals surface area contributed by atoms with Gasteiger partial charge in [0.15, 0.2) is 0 Å². The minimum Gasteiger partial charge on any atom is -0.372 e. The second-order valence-electron chi connectivity index (χ2n) is 6.11. The van der Waals surface area contributed by atoms with Gasteiger partial charge in [-0.15, -0.1) is 6.58 Å². The molecule has 1 aromatic carbocycles. The Hall–Kier alpha value is -1.12. The summed E-state index contributed by atoms with van der Waals surface area (Å²) in [6, 6.07) is 10.4. The van der Waals surface area contributed by atoms with E-state index >= 15 is 0 Å². The van der Waals surface area contributed by atoms with Crippen molar-refractivity contribution < 1.29 is 4.74 Å². The van der Waals surface area contributed by atoms with E-state index in [0.29, 0.717) is 0 Å². The molecule has 0 bridgehead atoms. The number of ether oxygens (including phenoxy) is 1. The largest absolute Gasteiger partial charge is 0.372 e. The zero-order chi connectivity index (χ0) is 14.3. The SMILES string of the molecule is C=C(C)CCOC(CNC(C)(C)C)c1ccccc1. The molecule has 0 aromatic heterocycles. The predicted molar refractivity (Wildman–Crippen MR) is 82.3 cm³/mol. The molecule has 0 aliphatic heterocycles. The van der Waals surface area contributed by atoms with E-state index in [9.17, 15) is 0 Å². The number of nitrogens with one attached hydrogen (secondary N) is 1. The van der Waals surface area contributed by atoms with Crippen LogP contribution in [0.4, 0.5) is 0 Å². The second-order valence-corrected chi connectivity index (χ2v) is 6.11. The molecule has 0 radical (unpaired) electrons. The minimum atomic E-state index is 0.0970. The molecule has 0 spiro atoms. The van der Waals surface area contributed by atoms with Crippen LogP contribution in [-0.2, 0) is 4.74 Å². The van der Waals surface area contributed by atoms with Crippen molar-refractivity contribution in [1.82, 2.24) is 5.32 Å². The quantitative estimate of drug-likeness (QED) is 0.746. The topological polar surface area (TPSA) is 21.3 Å². The highest BCUT2D eigenvalue weighted by atomic mass is 16.5. The van der Waals surface area contributed by atoms with Crippen LogP contribution < -0.4 is 5.32 Å². The van der Waals surface area contributed by atoms with E-state index in [2.05, 4.69) is 56.9 Å². The zero-order valence-electron chi connectivity index (χ0n) is 12.7. The fraction of sp³-hybridized carbons (Fsp3) is 0.529. The predicted octanol–water partition coefficient (Wildman–Crippen LogP) is 4.10. The van der Waals surface area contributed by atoms with E-state index in [1.54, 1.807) is 0 Å². The summed E-state index contributed by atoms with van der Waals surface area (Å²) in [4.78, 5) is 0. The van der Waals surface area contributed by atoms with Crippen molar-refractivity contribution in [3.8, 4) is 0 Å². The Morgan fingerprint density at radius 3 is 2.42 bits per heavy atom. The maximum absolute atomic E-state index is 6.01. The molecule has 0 saturated heterocycles. The van der Waals surface area contributed by atoms with Crippen LogP contribution in [0.1, 0.15) is 45.8 Å². The number of rotatable bonds is 7. The van der Waals surface area contributed by atoms with Crippen LogP contribution >= 0.6 is 0 Å². The third-order valence-electron chi connectivity index (χ3n) is 2.84. The van der Waals surface area contributed by atoms with Crippen LogP contribution in [-0.4, -0.2) is 18.7 Å². The standard InChI is InChI=1S/C17H27NO/c1-14(2)11-12-19-16(13-18-17(3,4)5)15-9-7-6-8-10-15/h6-10,16,18H,1,11-13H2,2-5H3. The van der Waals surface area contributed by atoms with Gasteiger partial charge < -0.3 is 10.1 Å². The monoisotopic (exact) mass is 261 g/mol. The highest BCUT2D eigenvalue weighted by Gasteiger charge is 2.16. The molecule has 1 aromatic rings. The number of benzene rings is 1. The first-order valence-corrected chi connectivity index (χ1v) is 6.94. The average molecular weight is 261 g/mol. The van der Waals surface area contributed by atoms with Crippen LogP contribution in [0.3, 0.4) is 0 Å². The molecule has 1 atom stereocenters. The average Bonchev–Trinajstić information content (AvgIpc) is 2.33. The lowest BCUT2D eigenvalue weighted by atomic mass is 10.1. The summed E-state index contributed by atoms with van der Waals surface area (Å²) >= 11 is 0. The fourth-order valence-corrected chi connectivity index (χ4v) is 1.71. The smallest absolute Gasteiger partial charge is 0.0949 e. The van der Waals surface area contributed by atoms with Crippen molar-refractivity contribution in [1.29, 1.82) is 0 Å². The first-order chi connectivity index (χ1) is 8.88. The highest BCUT2D eigenvalue weighted by Crippen LogP contribution is 2.18. The van der Waals surface area contributed by atoms with Crippen molar-refractivity contribution in [2.75, 3.05) is 13.2 Å². The Kier molecular flexibility index (Phi) is 6.26. The van der Waals surface area contributed by atoms with Gasteiger partial charge in [-0.25, -0.2) is 0 Å².